The van der Waals surface area contributed by atoms with Gasteiger partial charge in [-0.2, -0.15) is 0 Å². The first-order valence-electron chi connectivity index (χ1n) is 8.61. The molecule has 3 atom stereocenters. The molecule has 28 heavy (non-hydrogen) atoms. The van der Waals surface area contributed by atoms with Crippen LogP contribution in [0.2, 0.25) is 0 Å². The third-order valence-corrected chi connectivity index (χ3v) is 7.26. The summed E-state index contributed by atoms with van der Waals surface area (Å²) in [6.07, 6.45) is 0.00263. The summed E-state index contributed by atoms with van der Waals surface area (Å²) in [6, 6.07) is 4.59. The lowest BCUT2D eigenvalue weighted by atomic mass is 10.2. The second-order valence-corrected chi connectivity index (χ2v) is 9.97. The van der Waals surface area contributed by atoms with Gasteiger partial charge in [-0.25, -0.2) is 18.4 Å². The van der Waals surface area contributed by atoms with Crippen molar-refractivity contribution in [1.82, 2.24) is 4.90 Å². The monoisotopic (exact) mass is 427 g/mol. The van der Waals surface area contributed by atoms with E-state index in [0.29, 0.717) is 24.3 Å². The van der Waals surface area contributed by atoms with Crippen LogP contribution in [0.3, 0.4) is 0 Å². The van der Waals surface area contributed by atoms with Crippen molar-refractivity contribution in [3.05, 3.63) is 24.3 Å². The Morgan fingerprint density at radius 1 is 1.36 bits per heavy atom. The van der Waals surface area contributed by atoms with Crippen molar-refractivity contribution in [2.75, 3.05) is 11.1 Å². The molecule has 0 spiro atoms. The van der Waals surface area contributed by atoms with Gasteiger partial charge in [0.2, 0.25) is 15.9 Å². The van der Waals surface area contributed by atoms with Gasteiger partial charge in [-0.3, -0.25) is 9.59 Å². The van der Waals surface area contributed by atoms with E-state index < -0.39 is 38.9 Å². The number of primary sulfonamides is 1. The van der Waals surface area contributed by atoms with Gasteiger partial charge < -0.3 is 15.0 Å². The number of esters is 1. The molecule has 0 aliphatic carbocycles. The van der Waals surface area contributed by atoms with Crippen molar-refractivity contribution in [3.8, 4) is 0 Å². The highest BCUT2D eigenvalue weighted by molar-refractivity contribution is 8.01. The Bertz CT molecular complexity index is 917. The molecule has 9 nitrogen and oxygen atoms in total. The van der Waals surface area contributed by atoms with Crippen molar-refractivity contribution in [2.45, 2.75) is 48.6 Å². The highest BCUT2D eigenvalue weighted by Crippen LogP contribution is 2.47. The largest absolute Gasteiger partial charge is 0.451 e. The first-order chi connectivity index (χ1) is 13.0. The Balaban J connectivity index is 1.60. The van der Waals surface area contributed by atoms with E-state index in [0.717, 1.165) is 0 Å². The Morgan fingerprint density at radius 2 is 2.00 bits per heavy atom. The van der Waals surface area contributed by atoms with Gasteiger partial charge in [-0.15, -0.1) is 11.8 Å². The second-order valence-electron chi connectivity index (χ2n) is 6.90. The molecular formula is C17H21N3O6S2. The lowest BCUT2D eigenvalue weighted by Gasteiger charge is -2.29. The number of amides is 2. The smallest absolute Gasteiger partial charge is 0.330 e. The van der Waals surface area contributed by atoms with E-state index in [2.05, 4.69) is 5.32 Å². The van der Waals surface area contributed by atoms with Crippen LogP contribution in [-0.4, -0.2) is 53.9 Å². The SMILES string of the molecule is C[C@H](OC(=O)[C@@H]1CS[C@]2(C)CCC(=O)N12)C(=O)Nc1ccc(S(N)(=O)=O)cc1. The fourth-order valence-electron chi connectivity index (χ4n) is 3.27. The number of nitrogens with two attached hydrogens (primary N) is 1. The summed E-state index contributed by atoms with van der Waals surface area (Å²) in [4.78, 5) is 38.0. The zero-order chi connectivity index (χ0) is 20.7. The molecule has 2 amide bonds. The quantitative estimate of drug-likeness (QED) is 0.659. The number of hydrogen-bond acceptors (Lipinski definition) is 7. The van der Waals surface area contributed by atoms with Gasteiger partial charge in [0, 0.05) is 17.9 Å². The number of thioether (sulfide) groups is 1. The Labute approximate surface area is 167 Å². The predicted molar refractivity (Wildman–Crippen MR) is 103 cm³/mol. The number of hydrogen-bond donors (Lipinski definition) is 2. The van der Waals surface area contributed by atoms with Gasteiger partial charge in [0.25, 0.3) is 5.91 Å². The minimum atomic E-state index is -3.82. The number of sulfonamides is 1. The van der Waals surface area contributed by atoms with Gasteiger partial charge >= 0.3 is 5.97 Å². The van der Waals surface area contributed by atoms with Gasteiger partial charge in [0.05, 0.1) is 9.77 Å². The minimum Gasteiger partial charge on any atom is -0.451 e. The molecular weight excluding hydrogens is 406 g/mol. The van der Waals surface area contributed by atoms with Gasteiger partial charge in [-0.1, -0.05) is 0 Å². The Hall–Kier alpha value is -2.11. The molecule has 2 heterocycles. The highest BCUT2D eigenvalue weighted by atomic mass is 32.2. The topological polar surface area (TPSA) is 136 Å². The first-order valence-corrected chi connectivity index (χ1v) is 11.1. The molecule has 1 aromatic carbocycles. The number of nitrogens with zero attached hydrogens (tertiary/aromatic N) is 1. The lowest BCUT2D eigenvalue weighted by molar-refractivity contribution is -0.160. The number of fused-ring (bicyclic) bond motifs is 1. The normalized spacial score (nSPS) is 25.3. The van der Waals surface area contributed by atoms with Gasteiger partial charge in [0.1, 0.15) is 6.04 Å². The van der Waals surface area contributed by atoms with E-state index in [1.54, 1.807) is 16.7 Å². The number of benzene rings is 1. The minimum absolute atomic E-state index is 0.0814. The summed E-state index contributed by atoms with van der Waals surface area (Å²) >= 11 is 1.54. The maximum atomic E-state index is 12.5. The molecule has 3 N–H and O–H groups in total. The number of anilines is 1. The van der Waals surface area contributed by atoms with E-state index in [4.69, 9.17) is 9.88 Å². The number of rotatable bonds is 5. The van der Waals surface area contributed by atoms with Crippen molar-refractivity contribution in [1.29, 1.82) is 0 Å². The molecule has 0 saturated carbocycles. The summed E-state index contributed by atoms with van der Waals surface area (Å²) in [5.74, 6) is -0.831. The Morgan fingerprint density at radius 3 is 2.61 bits per heavy atom. The molecule has 0 bridgehead atoms. The van der Waals surface area contributed by atoms with Crippen molar-refractivity contribution in [3.63, 3.8) is 0 Å². The van der Waals surface area contributed by atoms with Crippen molar-refractivity contribution < 1.29 is 27.5 Å². The molecule has 2 aliphatic rings. The fraction of sp³-hybridized carbons (Fsp3) is 0.471. The molecule has 11 heteroatoms. The van der Waals surface area contributed by atoms with Gasteiger partial charge in [0.15, 0.2) is 6.10 Å². The lowest BCUT2D eigenvalue weighted by Crippen LogP contribution is -2.48. The third kappa shape index (κ3) is 4.01. The number of nitrogens with one attached hydrogen (secondary N) is 1. The van der Waals surface area contributed by atoms with Crippen LogP contribution < -0.4 is 10.5 Å². The number of carbonyl (C=O) groups excluding carboxylic acids is 3. The molecule has 2 aliphatic heterocycles. The van der Waals surface area contributed by atoms with E-state index in [-0.39, 0.29) is 10.8 Å². The zero-order valence-corrected chi connectivity index (χ0v) is 17.0. The second kappa shape index (κ2) is 7.37. The average Bonchev–Trinajstić information content (AvgIpc) is 3.10. The molecule has 3 rings (SSSR count). The van der Waals surface area contributed by atoms with Crippen LogP contribution in [0.25, 0.3) is 0 Å². The molecule has 0 radical (unpaired) electrons. The van der Waals surface area contributed by atoms with Crippen LogP contribution >= 0.6 is 11.8 Å². The maximum absolute atomic E-state index is 12.5. The van der Waals surface area contributed by atoms with Crippen molar-refractivity contribution in [2.24, 2.45) is 5.14 Å². The van der Waals surface area contributed by atoms with Gasteiger partial charge in [-0.05, 0) is 44.5 Å². The standard InChI is InChI=1S/C17H21N3O6S2/c1-10(15(22)19-11-3-5-12(6-4-11)28(18,24)25)26-16(23)13-9-27-17(2)8-7-14(21)20(13)17/h3-6,10,13H,7-9H2,1-2H3,(H,19,22)(H2,18,24,25)/t10-,13-,17+/m0/s1. The molecule has 152 valence electrons. The summed E-state index contributed by atoms with van der Waals surface area (Å²) in [5, 5.41) is 7.57. The summed E-state index contributed by atoms with van der Waals surface area (Å²) in [5.41, 5.74) is 0.332. The third-order valence-electron chi connectivity index (χ3n) is 4.83. The zero-order valence-electron chi connectivity index (χ0n) is 15.4. The Kier molecular flexibility index (Phi) is 5.43. The van der Waals surface area contributed by atoms with Crippen LogP contribution in [0, 0.1) is 0 Å². The van der Waals surface area contributed by atoms with Crippen LogP contribution in [0.5, 0.6) is 0 Å². The average molecular weight is 428 g/mol. The molecule has 0 unspecified atom stereocenters. The van der Waals surface area contributed by atoms with Crippen LogP contribution in [0.1, 0.15) is 26.7 Å². The molecule has 1 aromatic rings. The van der Waals surface area contributed by atoms with E-state index in [1.165, 1.54) is 31.2 Å². The summed E-state index contributed by atoms with van der Waals surface area (Å²) in [7, 11) is -3.82. The van der Waals surface area contributed by atoms with Crippen molar-refractivity contribution >= 4 is 45.3 Å². The summed E-state index contributed by atoms with van der Waals surface area (Å²) in [6.45, 7) is 3.36. The first kappa shape index (κ1) is 20.6. The molecule has 0 aromatic heterocycles. The predicted octanol–water partition coefficient (Wildman–Crippen LogP) is 0.658. The fourth-order valence-corrected chi connectivity index (χ4v) is 5.21. The highest BCUT2D eigenvalue weighted by Gasteiger charge is 2.53. The van der Waals surface area contributed by atoms with Crippen LogP contribution in [-0.2, 0) is 29.1 Å². The molecule has 2 saturated heterocycles. The summed E-state index contributed by atoms with van der Waals surface area (Å²) < 4.78 is 27.8. The molecule has 2 fully saturated rings. The van der Waals surface area contributed by atoms with Crippen LogP contribution in [0.4, 0.5) is 5.69 Å². The van der Waals surface area contributed by atoms with E-state index >= 15 is 0 Å². The van der Waals surface area contributed by atoms with E-state index in [1.807, 2.05) is 6.92 Å². The number of ether oxygens (including phenoxy) is 1. The van der Waals surface area contributed by atoms with Crippen LogP contribution in [0.15, 0.2) is 29.2 Å². The maximum Gasteiger partial charge on any atom is 0.330 e. The van der Waals surface area contributed by atoms with E-state index in [9.17, 15) is 22.8 Å². The number of carbonyl (C=O) groups is 3.